The van der Waals surface area contributed by atoms with Gasteiger partial charge in [0.1, 0.15) is 16.7 Å². The Hall–Kier alpha value is -0.850. The lowest BCUT2D eigenvalue weighted by atomic mass is 10.3. The van der Waals surface area contributed by atoms with E-state index in [9.17, 15) is 0 Å². The molecule has 0 aromatic carbocycles. The first-order valence-electron chi connectivity index (χ1n) is 5.87. The Balaban J connectivity index is 1.89. The van der Waals surface area contributed by atoms with Crippen LogP contribution >= 0.6 is 11.8 Å². The van der Waals surface area contributed by atoms with Crippen molar-refractivity contribution in [2.45, 2.75) is 36.0 Å². The Bertz CT molecular complexity index is 432. The van der Waals surface area contributed by atoms with E-state index in [4.69, 9.17) is 10.6 Å². The van der Waals surface area contributed by atoms with E-state index in [1.54, 1.807) is 11.8 Å². The van der Waals surface area contributed by atoms with Gasteiger partial charge in [-0.15, -0.1) is 0 Å². The Morgan fingerprint density at radius 3 is 2.65 bits per heavy atom. The molecule has 1 saturated heterocycles. The predicted molar refractivity (Wildman–Crippen MR) is 67.0 cm³/mol. The highest BCUT2D eigenvalue weighted by molar-refractivity contribution is 8.00. The van der Waals surface area contributed by atoms with E-state index in [-0.39, 0.29) is 0 Å². The average molecular weight is 252 g/mol. The van der Waals surface area contributed by atoms with Gasteiger partial charge in [-0.25, -0.2) is 15.8 Å². The third-order valence-electron chi connectivity index (χ3n) is 3.08. The van der Waals surface area contributed by atoms with Gasteiger partial charge < -0.3 is 10.2 Å². The monoisotopic (exact) mass is 252 g/mol. The van der Waals surface area contributed by atoms with E-state index >= 15 is 0 Å². The number of ether oxygens (including phenoxy) is 1. The summed E-state index contributed by atoms with van der Waals surface area (Å²) >= 11 is 1.77. The summed E-state index contributed by atoms with van der Waals surface area (Å²) < 4.78 is 5.19. The number of hydrogen-bond donors (Lipinski definition) is 2. The molecule has 6 heteroatoms. The molecule has 3 N–H and O–H groups in total. The minimum absolute atomic E-state index is 0.529. The second-order valence-corrected chi connectivity index (χ2v) is 5.85. The zero-order valence-electron chi connectivity index (χ0n) is 9.77. The second-order valence-electron chi connectivity index (χ2n) is 4.56. The molecule has 2 aliphatic rings. The molecule has 2 fully saturated rings. The maximum atomic E-state index is 5.51. The summed E-state index contributed by atoms with van der Waals surface area (Å²) in [7, 11) is 0. The van der Waals surface area contributed by atoms with E-state index in [1.165, 1.54) is 12.8 Å². The molecule has 3 rings (SSSR count). The van der Waals surface area contributed by atoms with Crippen molar-refractivity contribution >= 4 is 17.6 Å². The number of nitrogens with two attached hydrogens (primary N) is 1. The van der Waals surface area contributed by atoms with Crippen molar-refractivity contribution in [2.24, 2.45) is 5.84 Å². The largest absolute Gasteiger partial charge is 0.379 e. The minimum Gasteiger partial charge on any atom is -0.379 e. The molecule has 1 saturated carbocycles. The van der Waals surface area contributed by atoms with Crippen LogP contribution in [0.15, 0.2) is 5.03 Å². The zero-order chi connectivity index (χ0) is 11.8. The number of rotatable bonds is 4. The van der Waals surface area contributed by atoms with Gasteiger partial charge in [0.2, 0.25) is 0 Å². The summed E-state index contributed by atoms with van der Waals surface area (Å²) in [6.07, 6.45) is 2.40. The van der Waals surface area contributed by atoms with E-state index in [2.05, 4.69) is 15.4 Å². The molecule has 0 spiro atoms. The Labute approximate surface area is 105 Å². The van der Waals surface area contributed by atoms with Crippen LogP contribution in [0, 0.1) is 6.92 Å². The Morgan fingerprint density at radius 1 is 1.35 bits per heavy atom. The molecular weight excluding hydrogens is 236 g/mol. The summed E-state index contributed by atoms with van der Waals surface area (Å²) in [5, 5.41) is 1.57. The molecule has 0 bridgehead atoms. The summed E-state index contributed by atoms with van der Waals surface area (Å²) in [5.74, 6) is 7.74. The van der Waals surface area contributed by atoms with Crippen molar-refractivity contribution in [1.29, 1.82) is 0 Å². The van der Waals surface area contributed by atoms with Gasteiger partial charge in [-0.2, -0.15) is 0 Å². The van der Waals surface area contributed by atoms with Crippen LogP contribution in [-0.2, 0) is 4.74 Å². The SMILES string of the molecule is Cc1c(NN)nc(C2CC2)nc1SC1COC1. The number of aromatic nitrogens is 2. The summed E-state index contributed by atoms with van der Waals surface area (Å²) in [6, 6.07) is 0. The normalized spacial score (nSPS) is 20.1. The first kappa shape index (κ1) is 11.3. The van der Waals surface area contributed by atoms with Gasteiger partial charge in [0.05, 0.1) is 18.5 Å². The molecule has 2 heterocycles. The maximum Gasteiger partial charge on any atom is 0.147 e. The van der Waals surface area contributed by atoms with Crippen LogP contribution < -0.4 is 11.3 Å². The van der Waals surface area contributed by atoms with Crippen LogP contribution in [0.25, 0.3) is 0 Å². The fourth-order valence-corrected chi connectivity index (χ4v) is 2.80. The molecule has 0 unspecified atom stereocenters. The highest BCUT2D eigenvalue weighted by Crippen LogP contribution is 2.40. The summed E-state index contributed by atoms with van der Waals surface area (Å²) in [4.78, 5) is 9.14. The number of nitrogen functional groups attached to an aromatic ring is 1. The predicted octanol–water partition coefficient (Wildman–Crippen LogP) is 1.44. The van der Waals surface area contributed by atoms with Crippen LogP contribution in [0.1, 0.15) is 30.1 Å². The van der Waals surface area contributed by atoms with Crippen LogP contribution in [0.2, 0.25) is 0 Å². The standard InChI is InChI=1S/C11H16N4OS/c1-6-9(15-12)13-10(7-2-3-7)14-11(6)17-8-4-16-5-8/h7-8H,2-5,12H2,1H3,(H,13,14,15). The smallest absolute Gasteiger partial charge is 0.147 e. The fourth-order valence-electron chi connectivity index (χ4n) is 1.73. The fraction of sp³-hybridized carbons (Fsp3) is 0.636. The lowest BCUT2D eigenvalue weighted by molar-refractivity contribution is 0.0454. The zero-order valence-corrected chi connectivity index (χ0v) is 10.6. The molecule has 5 nitrogen and oxygen atoms in total. The third kappa shape index (κ3) is 2.25. The van der Waals surface area contributed by atoms with E-state index < -0.39 is 0 Å². The van der Waals surface area contributed by atoms with Gasteiger partial charge >= 0.3 is 0 Å². The van der Waals surface area contributed by atoms with Gasteiger partial charge in [0.25, 0.3) is 0 Å². The second kappa shape index (κ2) is 4.44. The van der Waals surface area contributed by atoms with Crippen molar-refractivity contribution < 1.29 is 4.74 Å². The maximum absolute atomic E-state index is 5.51. The first-order valence-corrected chi connectivity index (χ1v) is 6.75. The molecule has 0 amide bonds. The molecule has 1 aromatic heterocycles. The number of thioether (sulfide) groups is 1. The first-order chi connectivity index (χ1) is 8.28. The summed E-state index contributed by atoms with van der Waals surface area (Å²) in [6.45, 7) is 3.64. The molecule has 92 valence electrons. The molecule has 1 aromatic rings. The molecular formula is C11H16N4OS. The van der Waals surface area contributed by atoms with Crippen molar-refractivity contribution in [3.63, 3.8) is 0 Å². The van der Waals surface area contributed by atoms with Gasteiger partial charge in [-0.1, -0.05) is 11.8 Å². The Kier molecular flexibility index (Phi) is 2.94. The Morgan fingerprint density at radius 2 is 2.12 bits per heavy atom. The number of hydrogen-bond acceptors (Lipinski definition) is 6. The molecule has 1 aliphatic heterocycles. The topological polar surface area (TPSA) is 73.1 Å². The van der Waals surface area contributed by atoms with Gasteiger partial charge in [-0.3, -0.25) is 0 Å². The van der Waals surface area contributed by atoms with Crippen molar-refractivity contribution in [2.75, 3.05) is 18.6 Å². The van der Waals surface area contributed by atoms with E-state index in [0.29, 0.717) is 11.2 Å². The third-order valence-corrected chi connectivity index (χ3v) is 4.31. The highest BCUT2D eigenvalue weighted by Gasteiger charge is 2.29. The van der Waals surface area contributed by atoms with Crippen molar-refractivity contribution in [3.8, 4) is 0 Å². The molecule has 0 atom stereocenters. The lowest BCUT2D eigenvalue weighted by Gasteiger charge is -2.25. The van der Waals surface area contributed by atoms with Crippen LogP contribution in [0.4, 0.5) is 5.82 Å². The van der Waals surface area contributed by atoms with Crippen LogP contribution in [-0.4, -0.2) is 28.4 Å². The highest BCUT2D eigenvalue weighted by atomic mass is 32.2. The average Bonchev–Trinajstić information content (AvgIpc) is 3.09. The molecule has 17 heavy (non-hydrogen) atoms. The number of nitrogens with zero attached hydrogens (tertiary/aromatic N) is 2. The quantitative estimate of drug-likeness (QED) is 0.480. The van der Waals surface area contributed by atoms with Crippen molar-refractivity contribution in [3.05, 3.63) is 11.4 Å². The summed E-state index contributed by atoms with van der Waals surface area (Å²) in [5.41, 5.74) is 3.71. The lowest BCUT2D eigenvalue weighted by Crippen LogP contribution is -2.30. The molecule has 1 aliphatic carbocycles. The molecule has 0 radical (unpaired) electrons. The van der Waals surface area contributed by atoms with E-state index in [0.717, 1.165) is 35.4 Å². The number of nitrogens with one attached hydrogen (secondary N) is 1. The van der Waals surface area contributed by atoms with Gasteiger partial charge in [0.15, 0.2) is 0 Å². The van der Waals surface area contributed by atoms with Gasteiger partial charge in [-0.05, 0) is 19.8 Å². The number of hydrazine groups is 1. The van der Waals surface area contributed by atoms with Crippen LogP contribution in [0.3, 0.4) is 0 Å². The van der Waals surface area contributed by atoms with Gasteiger partial charge in [0, 0.05) is 11.5 Å². The van der Waals surface area contributed by atoms with Crippen LogP contribution in [0.5, 0.6) is 0 Å². The van der Waals surface area contributed by atoms with E-state index in [1.807, 2.05) is 6.92 Å². The minimum atomic E-state index is 0.529. The number of anilines is 1. The van der Waals surface area contributed by atoms with Crippen molar-refractivity contribution in [1.82, 2.24) is 9.97 Å².